The number of carbonyl (C=O) groups excluding carboxylic acids is 1. The van der Waals surface area contributed by atoms with Gasteiger partial charge in [0.1, 0.15) is 0 Å². The molecule has 0 spiro atoms. The smallest absolute Gasteiger partial charge is 0.230 e. The molecular weight excluding hydrogens is 230 g/mol. The predicted molar refractivity (Wildman–Crippen MR) is 58.0 cm³/mol. The second-order valence-corrected chi connectivity index (χ2v) is 4.45. The van der Waals surface area contributed by atoms with Gasteiger partial charge in [-0.05, 0) is 25.7 Å². The molecule has 13 heavy (non-hydrogen) atoms. The molecule has 1 saturated carbocycles. The minimum absolute atomic E-state index is 0.109. The van der Waals surface area contributed by atoms with Crippen LogP contribution in [0.5, 0.6) is 0 Å². The summed E-state index contributed by atoms with van der Waals surface area (Å²) in [5, 5.41) is 3.43. The van der Waals surface area contributed by atoms with Crippen molar-refractivity contribution in [3.8, 4) is 0 Å². The fraction of sp³-hybridized carbons (Fsp3) is 0.900. The Balaban J connectivity index is 2.28. The SMILES string of the molecule is CC(NC(=O)CBr)C1CCCCC1. The number of rotatable bonds is 3. The summed E-state index contributed by atoms with van der Waals surface area (Å²) in [4.78, 5) is 11.1. The number of nitrogens with one attached hydrogen (secondary N) is 1. The van der Waals surface area contributed by atoms with Crippen LogP contribution in [0.15, 0.2) is 0 Å². The molecule has 3 heteroatoms. The maximum atomic E-state index is 11.1. The maximum Gasteiger partial charge on any atom is 0.230 e. The molecule has 0 aromatic heterocycles. The number of amides is 1. The van der Waals surface area contributed by atoms with Crippen LogP contribution in [0.4, 0.5) is 0 Å². The summed E-state index contributed by atoms with van der Waals surface area (Å²) in [6, 6.07) is 0.352. The van der Waals surface area contributed by atoms with E-state index in [-0.39, 0.29) is 5.91 Å². The molecule has 1 aliphatic rings. The van der Waals surface area contributed by atoms with Gasteiger partial charge in [0.2, 0.25) is 5.91 Å². The number of hydrogen-bond acceptors (Lipinski definition) is 1. The van der Waals surface area contributed by atoms with Crippen LogP contribution in [-0.2, 0) is 4.79 Å². The van der Waals surface area contributed by atoms with Crippen LogP contribution in [-0.4, -0.2) is 17.3 Å². The maximum absolute atomic E-state index is 11.1. The molecule has 0 heterocycles. The Morgan fingerprint density at radius 1 is 1.46 bits per heavy atom. The lowest BCUT2D eigenvalue weighted by Gasteiger charge is -2.28. The standard InChI is InChI=1S/C10H18BrNO/c1-8(12-10(13)7-11)9-5-3-2-4-6-9/h8-9H,2-7H2,1H3,(H,12,13). The minimum atomic E-state index is 0.109. The molecule has 0 saturated heterocycles. The molecular formula is C10H18BrNO. The Labute approximate surface area is 88.6 Å². The van der Waals surface area contributed by atoms with Crippen molar-refractivity contribution in [2.45, 2.75) is 45.1 Å². The third-order valence-corrected chi connectivity index (χ3v) is 3.38. The molecule has 1 fully saturated rings. The number of alkyl halides is 1. The topological polar surface area (TPSA) is 29.1 Å². The van der Waals surface area contributed by atoms with E-state index >= 15 is 0 Å². The summed E-state index contributed by atoms with van der Waals surface area (Å²) in [5.41, 5.74) is 0. The number of hydrogen-bond donors (Lipinski definition) is 1. The summed E-state index contributed by atoms with van der Waals surface area (Å²) < 4.78 is 0. The quantitative estimate of drug-likeness (QED) is 0.764. The van der Waals surface area contributed by atoms with Crippen LogP contribution >= 0.6 is 15.9 Å². The Kier molecular flexibility index (Phi) is 4.78. The lowest BCUT2D eigenvalue weighted by molar-refractivity contribution is -0.119. The Hall–Kier alpha value is -0.0500. The van der Waals surface area contributed by atoms with Crippen LogP contribution in [0.2, 0.25) is 0 Å². The van der Waals surface area contributed by atoms with Crippen molar-refractivity contribution >= 4 is 21.8 Å². The average Bonchev–Trinajstić information content (AvgIpc) is 2.19. The lowest BCUT2D eigenvalue weighted by Crippen LogP contribution is -2.39. The summed E-state index contributed by atoms with van der Waals surface area (Å²) >= 11 is 3.16. The van der Waals surface area contributed by atoms with E-state index in [0.717, 1.165) is 0 Å². The summed E-state index contributed by atoms with van der Waals surface area (Å²) in [7, 11) is 0. The van der Waals surface area contributed by atoms with Gasteiger partial charge in [-0.3, -0.25) is 4.79 Å². The molecule has 0 aliphatic heterocycles. The van der Waals surface area contributed by atoms with Gasteiger partial charge in [0.05, 0.1) is 5.33 Å². The zero-order chi connectivity index (χ0) is 9.68. The van der Waals surface area contributed by atoms with Crippen molar-refractivity contribution in [3.05, 3.63) is 0 Å². The molecule has 76 valence electrons. The van der Waals surface area contributed by atoms with Crippen LogP contribution in [0.1, 0.15) is 39.0 Å². The third kappa shape index (κ3) is 3.67. The van der Waals surface area contributed by atoms with Crippen molar-refractivity contribution in [3.63, 3.8) is 0 Å². The molecule has 1 amide bonds. The molecule has 0 bridgehead atoms. The lowest BCUT2D eigenvalue weighted by atomic mass is 9.84. The molecule has 2 nitrogen and oxygen atoms in total. The first-order valence-electron chi connectivity index (χ1n) is 5.09. The van der Waals surface area contributed by atoms with Crippen molar-refractivity contribution in [1.82, 2.24) is 5.32 Å². The van der Waals surface area contributed by atoms with Gasteiger partial charge >= 0.3 is 0 Å². The fourth-order valence-corrected chi connectivity index (χ4v) is 2.21. The van der Waals surface area contributed by atoms with E-state index in [4.69, 9.17) is 0 Å². The summed E-state index contributed by atoms with van der Waals surface area (Å²) in [5.74, 6) is 0.815. The van der Waals surface area contributed by atoms with E-state index < -0.39 is 0 Å². The van der Waals surface area contributed by atoms with Crippen molar-refractivity contribution in [1.29, 1.82) is 0 Å². The number of carbonyl (C=O) groups is 1. The van der Waals surface area contributed by atoms with E-state index in [9.17, 15) is 4.79 Å². The fourth-order valence-electron chi connectivity index (χ4n) is 2.04. The molecule has 0 aromatic carbocycles. The van der Waals surface area contributed by atoms with Gasteiger partial charge in [-0.25, -0.2) is 0 Å². The highest BCUT2D eigenvalue weighted by molar-refractivity contribution is 9.09. The van der Waals surface area contributed by atoms with Crippen LogP contribution < -0.4 is 5.32 Å². The first kappa shape index (κ1) is 11.0. The highest BCUT2D eigenvalue weighted by Crippen LogP contribution is 2.26. The van der Waals surface area contributed by atoms with Gasteiger partial charge in [0.15, 0.2) is 0 Å². The predicted octanol–water partition coefficient (Wildman–Crippen LogP) is 2.47. The van der Waals surface area contributed by atoms with E-state index in [1.54, 1.807) is 0 Å². The van der Waals surface area contributed by atoms with Gasteiger partial charge < -0.3 is 5.32 Å². The molecule has 1 rings (SSSR count). The van der Waals surface area contributed by atoms with Gasteiger partial charge in [0.25, 0.3) is 0 Å². The number of halogens is 1. The molecule has 0 aromatic rings. The highest BCUT2D eigenvalue weighted by Gasteiger charge is 2.20. The van der Waals surface area contributed by atoms with E-state index in [0.29, 0.717) is 17.3 Å². The second kappa shape index (κ2) is 5.63. The first-order valence-corrected chi connectivity index (χ1v) is 6.21. The van der Waals surface area contributed by atoms with Gasteiger partial charge in [-0.1, -0.05) is 35.2 Å². The van der Waals surface area contributed by atoms with Crippen LogP contribution in [0.25, 0.3) is 0 Å². The Bertz CT molecular complexity index is 166. The van der Waals surface area contributed by atoms with Crippen LogP contribution in [0.3, 0.4) is 0 Å². The average molecular weight is 248 g/mol. The largest absolute Gasteiger partial charge is 0.353 e. The Morgan fingerprint density at radius 3 is 2.62 bits per heavy atom. The molecule has 1 atom stereocenters. The normalized spacial score (nSPS) is 21.1. The van der Waals surface area contributed by atoms with Gasteiger partial charge in [-0.2, -0.15) is 0 Å². The molecule has 1 N–H and O–H groups in total. The van der Waals surface area contributed by atoms with E-state index in [1.165, 1.54) is 32.1 Å². The monoisotopic (exact) mass is 247 g/mol. The zero-order valence-corrected chi connectivity index (χ0v) is 9.77. The highest BCUT2D eigenvalue weighted by atomic mass is 79.9. The van der Waals surface area contributed by atoms with Crippen LogP contribution in [0, 0.1) is 5.92 Å². The zero-order valence-electron chi connectivity index (χ0n) is 8.18. The van der Waals surface area contributed by atoms with Crippen molar-refractivity contribution < 1.29 is 4.79 Å². The second-order valence-electron chi connectivity index (χ2n) is 3.89. The summed E-state index contributed by atoms with van der Waals surface area (Å²) in [6.45, 7) is 2.12. The van der Waals surface area contributed by atoms with Crippen molar-refractivity contribution in [2.24, 2.45) is 5.92 Å². The third-order valence-electron chi connectivity index (χ3n) is 2.87. The van der Waals surface area contributed by atoms with E-state index in [2.05, 4.69) is 28.2 Å². The molecule has 1 aliphatic carbocycles. The van der Waals surface area contributed by atoms with E-state index in [1.807, 2.05) is 0 Å². The Morgan fingerprint density at radius 2 is 2.08 bits per heavy atom. The molecule has 0 radical (unpaired) electrons. The van der Waals surface area contributed by atoms with Crippen molar-refractivity contribution in [2.75, 3.05) is 5.33 Å². The molecule has 1 unspecified atom stereocenters. The minimum Gasteiger partial charge on any atom is -0.353 e. The van der Waals surface area contributed by atoms with Gasteiger partial charge in [-0.15, -0.1) is 0 Å². The summed E-state index contributed by atoms with van der Waals surface area (Å²) in [6.07, 6.45) is 6.60. The first-order chi connectivity index (χ1) is 6.24. The van der Waals surface area contributed by atoms with Gasteiger partial charge in [0, 0.05) is 6.04 Å².